The van der Waals surface area contributed by atoms with Crippen LogP contribution in [-0.4, -0.2) is 31.2 Å². The van der Waals surface area contributed by atoms with E-state index in [-0.39, 0.29) is 11.0 Å². The molecule has 1 aromatic heterocycles. The highest BCUT2D eigenvalue weighted by atomic mass is 35.5. The molecule has 0 atom stereocenters. The number of carbonyl (C=O) groups excluding carboxylic acids is 1. The lowest BCUT2D eigenvalue weighted by molar-refractivity contribution is -0.109. The zero-order chi connectivity index (χ0) is 8.10. The zero-order valence-corrected chi connectivity index (χ0v) is 7.05. The van der Waals surface area contributed by atoms with Crippen LogP contribution in [0.3, 0.4) is 0 Å². The highest BCUT2D eigenvalue weighted by Crippen LogP contribution is 2.03. The Morgan fingerprint density at radius 3 is 3.09 bits per heavy atom. The van der Waals surface area contributed by atoms with Gasteiger partial charge in [-0.05, 0) is 22.0 Å². The summed E-state index contributed by atoms with van der Waals surface area (Å²) in [4.78, 5) is 10.3. The quantitative estimate of drug-likeness (QED) is 0.635. The second kappa shape index (κ2) is 4.30. The normalized spacial score (nSPS) is 9.91. The summed E-state index contributed by atoms with van der Waals surface area (Å²) >= 11 is 6.46. The third kappa shape index (κ3) is 3.33. The fraction of sp³-hybridized carbons (Fsp3) is 0.500. The van der Waals surface area contributed by atoms with Crippen LogP contribution in [0.5, 0.6) is 0 Å². The fourth-order valence-corrected chi connectivity index (χ4v) is 1.25. The average Bonchev–Trinajstić information content (AvgIpc) is 2.39. The van der Waals surface area contributed by atoms with Crippen LogP contribution in [0.4, 0.5) is 0 Å². The number of carbonyl (C=O) groups is 1. The molecule has 1 heterocycles. The Morgan fingerprint density at radius 2 is 2.55 bits per heavy atom. The Balaban J connectivity index is 2.19. The van der Waals surface area contributed by atoms with Crippen molar-refractivity contribution >= 4 is 28.6 Å². The van der Waals surface area contributed by atoms with Crippen LogP contribution >= 0.6 is 23.4 Å². The van der Waals surface area contributed by atoms with Gasteiger partial charge in [-0.3, -0.25) is 4.79 Å². The molecule has 1 rings (SSSR count). The monoisotopic (exact) mass is 192 g/mol. The molecule has 0 spiro atoms. The number of tetrazole rings is 1. The van der Waals surface area contributed by atoms with E-state index in [0.29, 0.717) is 5.88 Å². The van der Waals surface area contributed by atoms with Crippen molar-refractivity contribution in [3.8, 4) is 0 Å². The standard InChI is InChI=1S/C4H5ClN4OS/c5-4(10)1-11-3-9-2-6-7-8-9/h2H,1,3H2. The van der Waals surface area contributed by atoms with Gasteiger partial charge < -0.3 is 0 Å². The van der Waals surface area contributed by atoms with Crippen molar-refractivity contribution in [3.63, 3.8) is 0 Å². The fourth-order valence-electron chi connectivity index (χ4n) is 0.459. The number of nitrogens with zero attached hydrogens (tertiary/aromatic N) is 4. The number of halogens is 1. The maximum Gasteiger partial charge on any atom is 0.231 e. The number of hydrogen-bond donors (Lipinski definition) is 0. The van der Waals surface area contributed by atoms with E-state index in [1.807, 2.05) is 0 Å². The topological polar surface area (TPSA) is 60.7 Å². The first-order valence-electron chi connectivity index (χ1n) is 2.76. The molecule has 0 bridgehead atoms. The van der Waals surface area contributed by atoms with Crippen LogP contribution in [0, 0.1) is 0 Å². The lowest BCUT2D eigenvalue weighted by Gasteiger charge is -1.94. The summed E-state index contributed by atoms with van der Waals surface area (Å²) in [6.45, 7) is 0. The second-order valence-electron chi connectivity index (χ2n) is 1.68. The van der Waals surface area contributed by atoms with Crippen molar-refractivity contribution < 1.29 is 4.79 Å². The molecular weight excluding hydrogens is 188 g/mol. The average molecular weight is 193 g/mol. The summed E-state index contributed by atoms with van der Waals surface area (Å²) in [6, 6.07) is 0. The summed E-state index contributed by atoms with van der Waals surface area (Å²) in [5, 5.41) is 10.1. The molecule has 0 saturated carbocycles. The molecule has 1 aromatic rings. The van der Waals surface area contributed by atoms with E-state index in [9.17, 15) is 4.79 Å². The van der Waals surface area contributed by atoms with Gasteiger partial charge in [-0.15, -0.1) is 16.9 Å². The van der Waals surface area contributed by atoms with Crippen molar-refractivity contribution in [2.45, 2.75) is 5.88 Å². The molecule has 0 aliphatic carbocycles. The summed E-state index contributed by atoms with van der Waals surface area (Å²) in [5.74, 6) is 0.826. The van der Waals surface area contributed by atoms with Gasteiger partial charge in [0.15, 0.2) is 0 Å². The van der Waals surface area contributed by atoms with Crippen molar-refractivity contribution in [2.75, 3.05) is 5.75 Å². The van der Waals surface area contributed by atoms with Crippen molar-refractivity contribution in [1.29, 1.82) is 0 Å². The molecule has 0 fully saturated rings. The summed E-state index contributed by atoms with van der Waals surface area (Å²) < 4.78 is 1.52. The molecule has 0 aromatic carbocycles. The van der Waals surface area contributed by atoms with Crippen molar-refractivity contribution in [1.82, 2.24) is 20.2 Å². The van der Waals surface area contributed by atoms with E-state index in [2.05, 4.69) is 15.5 Å². The van der Waals surface area contributed by atoms with Crippen molar-refractivity contribution in [2.24, 2.45) is 0 Å². The molecule has 11 heavy (non-hydrogen) atoms. The highest BCUT2D eigenvalue weighted by molar-refractivity contribution is 7.99. The minimum absolute atomic E-state index is 0.279. The predicted molar refractivity (Wildman–Crippen MR) is 41.1 cm³/mol. The van der Waals surface area contributed by atoms with Gasteiger partial charge in [0.2, 0.25) is 5.24 Å². The smallest absolute Gasteiger partial charge is 0.231 e. The molecule has 7 heteroatoms. The van der Waals surface area contributed by atoms with Crippen LogP contribution in [0.15, 0.2) is 6.33 Å². The van der Waals surface area contributed by atoms with Crippen LogP contribution in [-0.2, 0) is 10.7 Å². The van der Waals surface area contributed by atoms with E-state index >= 15 is 0 Å². The van der Waals surface area contributed by atoms with Crippen LogP contribution in [0.25, 0.3) is 0 Å². The van der Waals surface area contributed by atoms with Gasteiger partial charge in [-0.25, -0.2) is 4.68 Å². The van der Waals surface area contributed by atoms with E-state index in [1.54, 1.807) is 0 Å². The zero-order valence-electron chi connectivity index (χ0n) is 5.47. The van der Waals surface area contributed by atoms with Gasteiger partial charge in [0, 0.05) is 0 Å². The lowest BCUT2D eigenvalue weighted by atomic mass is 10.9. The van der Waals surface area contributed by atoms with Crippen LogP contribution in [0.2, 0.25) is 0 Å². The first kappa shape index (κ1) is 8.48. The maximum absolute atomic E-state index is 10.3. The third-order valence-corrected chi connectivity index (χ3v) is 2.04. The van der Waals surface area contributed by atoms with Gasteiger partial charge in [-0.1, -0.05) is 0 Å². The number of rotatable bonds is 4. The Labute approximate surface area is 72.1 Å². The number of hydrogen-bond acceptors (Lipinski definition) is 5. The van der Waals surface area contributed by atoms with Gasteiger partial charge in [0.1, 0.15) is 6.33 Å². The van der Waals surface area contributed by atoms with Crippen LogP contribution in [0.1, 0.15) is 0 Å². The summed E-state index contributed by atoms with van der Waals surface area (Å²) in [7, 11) is 0. The minimum Gasteiger partial charge on any atom is -0.280 e. The molecule has 0 saturated heterocycles. The molecule has 0 radical (unpaired) electrons. The van der Waals surface area contributed by atoms with E-state index in [1.165, 1.54) is 22.8 Å². The predicted octanol–water partition coefficient (Wildman–Crippen LogP) is 0.129. The molecule has 0 N–H and O–H groups in total. The molecule has 60 valence electrons. The van der Waals surface area contributed by atoms with Gasteiger partial charge in [0.25, 0.3) is 0 Å². The Hall–Kier alpha value is -0.620. The van der Waals surface area contributed by atoms with E-state index < -0.39 is 0 Å². The number of thioether (sulfide) groups is 1. The van der Waals surface area contributed by atoms with Crippen molar-refractivity contribution in [3.05, 3.63) is 6.33 Å². The largest absolute Gasteiger partial charge is 0.280 e. The van der Waals surface area contributed by atoms with Gasteiger partial charge in [-0.2, -0.15) is 0 Å². The molecule has 0 unspecified atom stereocenters. The maximum atomic E-state index is 10.3. The second-order valence-corrected chi connectivity index (χ2v) is 3.06. The third-order valence-electron chi connectivity index (χ3n) is 0.831. The highest BCUT2D eigenvalue weighted by Gasteiger charge is 1.96. The first-order valence-corrected chi connectivity index (χ1v) is 4.29. The van der Waals surface area contributed by atoms with E-state index in [4.69, 9.17) is 11.6 Å². The Kier molecular flexibility index (Phi) is 3.31. The minimum atomic E-state index is -0.358. The molecule has 0 aliphatic heterocycles. The molecule has 5 nitrogen and oxygen atoms in total. The van der Waals surface area contributed by atoms with Gasteiger partial charge >= 0.3 is 0 Å². The molecular formula is C4H5ClN4OS. The SMILES string of the molecule is O=C(Cl)CSCn1cnnn1. The van der Waals surface area contributed by atoms with E-state index in [0.717, 1.165) is 0 Å². The lowest BCUT2D eigenvalue weighted by Crippen LogP contribution is -1.98. The molecule has 0 aliphatic rings. The van der Waals surface area contributed by atoms with Gasteiger partial charge in [0.05, 0.1) is 11.6 Å². The summed E-state index contributed by atoms with van der Waals surface area (Å²) in [6.07, 6.45) is 1.48. The van der Waals surface area contributed by atoms with Crippen LogP contribution < -0.4 is 0 Å². The number of aromatic nitrogens is 4. The Bertz CT molecular complexity index is 226. The Morgan fingerprint density at radius 1 is 1.73 bits per heavy atom. The molecule has 0 amide bonds. The first-order chi connectivity index (χ1) is 5.29. The summed E-state index contributed by atoms with van der Waals surface area (Å²) in [5.41, 5.74) is 0.